The smallest absolute Gasteiger partial charge is 0.323 e. The molecule has 0 atom stereocenters. The summed E-state index contributed by atoms with van der Waals surface area (Å²) in [6, 6.07) is 5.76. The van der Waals surface area contributed by atoms with Crippen molar-refractivity contribution in [2.24, 2.45) is 0 Å². The van der Waals surface area contributed by atoms with Gasteiger partial charge in [-0.25, -0.2) is 0 Å². The highest BCUT2D eigenvalue weighted by molar-refractivity contribution is 5.77. The third-order valence-electron chi connectivity index (χ3n) is 2.87. The first kappa shape index (κ1) is 13.6. The Kier molecular flexibility index (Phi) is 3.88. The lowest BCUT2D eigenvalue weighted by Crippen LogP contribution is -2.51. The number of aliphatic carboxylic acids is 1. The number of hydrogen-bond donors (Lipinski definition) is 2. The molecule has 0 aliphatic carbocycles. The number of carboxylic acids is 1. The highest BCUT2D eigenvalue weighted by Gasteiger charge is 2.30. The minimum Gasteiger partial charge on any atom is -0.480 e. The number of nitrogens with one attached hydrogen (secondary N) is 1. The van der Waals surface area contributed by atoms with Crippen LogP contribution in [0.4, 0.5) is 0 Å². The quantitative estimate of drug-likeness (QED) is 0.818. The van der Waals surface area contributed by atoms with Crippen LogP contribution in [0, 0.1) is 0 Å². The lowest BCUT2D eigenvalue weighted by Gasteiger charge is -2.29. The third-order valence-corrected chi connectivity index (χ3v) is 2.87. The predicted octanol–water partition coefficient (Wildman–Crippen LogP) is 1.81. The summed E-state index contributed by atoms with van der Waals surface area (Å²) >= 11 is 0. The van der Waals surface area contributed by atoms with Gasteiger partial charge < -0.3 is 10.4 Å². The number of carboxylic acid groups (broad SMARTS) is 1. The Morgan fingerprint density at radius 2 is 2.00 bits per heavy atom. The molecule has 0 aliphatic heterocycles. The number of aromatic nitrogens is 1. The summed E-state index contributed by atoms with van der Waals surface area (Å²) in [5, 5.41) is 12.1. The molecule has 0 aliphatic rings. The van der Waals surface area contributed by atoms with Crippen LogP contribution >= 0.6 is 0 Å². The van der Waals surface area contributed by atoms with Crippen molar-refractivity contribution in [1.82, 2.24) is 10.3 Å². The molecule has 1 aromatic rings. The van der Waals surface area contributed by atoms with E-state index in [4.69, 9.17) is 5.11 Å². The van der Waals surface area contributed by atoms with E-state index >= 15 is 0 Å². The minimum atomic E-state index is -0.925. The molecule has 1 rings (SSSR count). The molecule has 0 radical (unpaired) electrons. The van der Waals surface area contributed by atoms with Crippen molar-refractivity contribution >= 4 is 5.97 Å². The van der Waals surface area contributed by atoms with Crippen molar-refractivity contribution in [2.75, 3.05) is 6.54 Å². The van der Waals surface area contributed by atoms with Crippen LogP contribution in [-0.4, -0.2) is 28.1 Å². The number of rotatable bonds is 5. The van der Waals surface area contributed by atoms with Crippen LogP contribution in [0.25, 0.3) is 0 Å². The highest BCUT2D eigenvalue weighted by Crippen LogP contribution is 2.20. The molecule has 0 aromatic carbocycles. The Morgan fingerprint density at radius 3 is 2.47 bits per heavy atom. The van der Waals surface area contributed by atoms with Crippen molar-refractivity contribution in [3.63, 3.8) is 0 Å². The normalized spacial score (nSPS) is 12.5. The Bertz CT molecular complexity index is 386. The fourth-order valence-corrected chi connectivity index (χ4v) is 1.37. The lowest BCUT2D eigenvalue weighted by molar-refractivity contribution is -0.143. The van der Waals surface area contributed by atoms with Gasteiger partial charge in [0.15, 0.2) is 0 Å². The van der Waals surface area contributed by atoms with Crippen LogP contribution < -0.4 is 5.32 Å². The summed E-state index contributed by atoms with van der Waals surface area (Å²) in [7, 11) is 0. The fraction of sp³-hybridized carbons (Fsp3) is 0.538. The molecule has 0 spiro atoms. The lowest BCUT2D eigenvalue weighted by atomic mass is 9.87. The first-order chi connectivity index (χ1) is 7.76. The zero-order valence-electron chi connectivity index (χ0n) is 10.8. The molecule has 0 saturated carbocycles. The van der Waals surface area contributed by atoms with Gasteiger partial charge in [-0.05, 0) is 26.0 Å². The molecule has 4 nitrogen and oxygen atoms in total. The average molecular weight is 236 g/mol. The predicted molar refractivity (Wildman–Crippen MR) is 67.0 cm³/mol. The van der Waals surface area contributed by atoms with Gasteiger partial charge >= 0.3 is 5.97 Å². The molecule has 1 heterocycles. The van der Waals surface area contributed by atoms with Crippen LogP contribution in [0.15, 0.2) is 24.4 Å². The summed E-state index contributed by atoms with van der Waals surface area (Å²) in [5.41, 5.74) is -0.172. The van der Waals surface area contributed by atoms with E-state index < -0.39 is 11.5 Å². The van der Waals surface area contributed by atoms with Crippen molar-refractivity contribution in [3.8, 4) is 0 Å². The fourth-order valence-electron chi connectivity index (χ4n) is 1.37. The van der Waals surface area contributed by atoms with Crippen LogP contribution in [0.5, 0.6) is 0 Å². The van der Waals surface area contributed by atoms with Gasteiger partial charge in [0.2, 0.25) is 0 Å². The molecule has 0 amide bonds. The molecule has 0 unspecified atom stereocenters. The third kappa shape index (κ3) is 3.53. The van der Waals surface area contributed by atoms with Crippen LogP contribution in [0.2, 0.25) is 0 Å². The molecular weight excluding hydrogens is 216 g/mol. The maximum absolute atomic E-state index is 11.0. The Balaban J connectivity index is 2.72. The second-order valence-corrected chi connectivity index (χ2v) is 5.38. The van der Waals surface area contributed by atoms with Gasteiger partial charge in [-0.15, -0.1) is 0 Å². The largest absolute Gasteiger partial charge is 0.480 e. The van der Waals surface area contributed by atoms with E-state index in [0.717, 1.165) is 5.69 Å². The van der Waals surface area contributed by atoms with Crippen LogP contribution in [0.1, 0.15) is 33.4 Å². The van der Waals surface area contributed by atoms with Crippen molar-refractivity contribution in [3.05, 3.63) is 30.1 Å². The summed E-state index contributed by atoms with van der Waals surface area (Å²) in [5.74, 6) is -0.852. The number of pyridine rings is 1. The van der Waals surface area contributed by atoms with Crippen molar-refractivity contribution < 1.29 is 9.90 Å². The van der Waals surface area contributed by atoms with Gasteiger partial charge in [0.1, 0.15) is 5.54 Å². The van der Waals surface area contributed by atoms with Gasteiger partial charge in [-0.1, -0.05) is 19.9 Å². The molecule has 1 aromatic heterocycles. The van der Waals surface area contributed by atoms with Gasteiger partial charge in [0.25, 0.3) is 0 Å². The first-order valence-corrected chi connectivity index (χ1v) is 5.66. The molecule has 0 fully saturated rings. The zero-order valence-corrected chi connectivity index (χ0v) is 10.8. The van der Waals surface area contributed by atoms with Crippen molar-refractivity contribution in [2.45, 2.75) is 38.6 Å². The van der Waals surface area contributed by atoms with Gasteiger partial charge in [0, 0.05) is 23.9 Å². The topological polar surface area (TPSA) is 62.2 Å². The summed E-state index contributed by atoms with van der Waals surface area (Å²) in [6.07, 6.45) is 1.75. The molecule has 0 saturated heterocycles. The van der Waals surface area contributed by atoms with E-state index in [0.29, 0.717) is 6.54 Å². The number of carbonyl (C=O) groups is 1. The molecule has 4 heteroatoms. The summed E-state index contributed by atoms with van der Waals surface area (Å²) < 4.78 is 0. The highest BCUT2D eigenvalue weighted by atomic mass is 16.4. The molecule has 94 valence electrons. The molecule has 0 bridgehead atoms. The number of nitrogens with zero attached hydrogens (tertiary/aromatic N) is 1. The SMILES string of the molecule is CC(C)(NCC(C)(C)c1ccccn1)C(=O)O. The first-order valence-electron chi connectivity index (χ1n) is 5.66. The van der Waals surface area contributed by atoms with Crippen LogP contribution in [0.3, 0.4) is 0 Å². The Hall–Kier alpha value is -1.42. The van der Waals surface area contributed by atoms with Gasteiger partial charge in [-0.3, -0.25) is 9.78 Å². The summed E-state index contributed by atoms with van der Waals surface area (Å²) in [4.78, 5) is 15.3. The summed E-state index contributed by atoms with van der Waals surface area (Å²) in [6.45, 7) is 7.96. The second kappa shape index (κ2) is 4.84. The van der Waals surface area contributed by atoms with E-state index in [1.165, 1.54) is 0 Å². The van der Waals surface area contributed by atoms with Crippen molar-refractivity contribution in [1.29, 1.82) is 0 Å². The van der Waals surface area contributed by atoms with E-state index in [1.807, 2.05) is 32.0 Å². The number of hydrogen-bond acceptors (Lipinski definition) is 3. The molecular formula is C13H20N2O2. The monoisotopic (exact) mass is 236 g/mol. The minimum absolute atomic E-state index is 0.200. The van der Waals surface area contributed by atoms with Crippen LogP contribution in [-0.2, 0) is 10.2 Å². The average Bonchev–Trinajstić information content (AvgIpc) is 2.28. The maximum Gasteiger partial charge on any atom is 0.323 e. The zero-order chi connectivity index (χ0) is 13.1. The maximum atomic E-state index is 11.0. The van der Waals surface area contributed by atoms with E-state index in [2.05, 4.69) is 10.3 Å². The van der Waals surface area contributed by atoms with E-state index in [-0.39, 0.29) is 5.41 Å². The van der Waals surface area contributed by atoms with Gasteiger partial charge in [-0.2, -0.15) is 0 Å². The van der Waals surface area contributed by atoms with E-state index in [9.17, 15) is 4.79 Å². The second-order valence-electron chi connectivity index (χ2n) is 5.38. The Morgan fingerprint density at radius 1 is 1.35 bits per heavy atom. The Labute approximate surface area is 102 Å². The molecule has 2 N–H and O–H groups in total. The van der Waals surface area contributed by atoms with E-state index in [1.54, 1.807) is 20.0 Å². The standard InChI is InChI=1S/C13H20N2O2/c1-12(2,10-7-5-6-8-14-10)9-15-13(3,4)11(16)17/h5-8,15H,9H2,1-4H3,(H,16,17). The van der Waals surface area contributed by atoms with Gasteiger partial charge in [0.05, 0.1) is 0 Å². The molecule has 17 heavy (non-hydrogen) atoms.